The van der Waals surface area contributed by atoms with Gasteiger partial charge in [0.2, 0.25) is 0 Å². The number of fused-ring (bicyclic) bond motifs is 1. The Labute approximate surface area is 120 Å². The van der Waals surface area contributed by atoms with Gasteiger partial charge in [-0.2, -0.15) is 0 Å². The predicted molar refractivity (Wildman–Crippen MR) is 81.3 cm³/mol. The third-order valence-corrected chi connectivity index (χ3v) is 4.44. The van der Waals surface area contributed by atoms with E-state index >= 15 is 0 Å². The molecule has 0 N–H and O–H groups in total. The minimum Gasteiger partial charge on any atom is -0.295 e. The summed E-state index contributed by atoms with van der Waals surface area (Å²) in [5, 5.41) is 2.73. The molecular formula is C15H15N3OS. The van der Waals surface area contributed by atoms with Crippen molar-refractivity contribution < 1.29 is 0 Å². The van der Waals surface area contributed by atoms with E-state index in [9.17, 15) is 4.79 Å². The number of thiophene rings is 1. The van der Waals surface area contributed by atoms with Crippen molar-refractivity contribution >= 4 is 21.6 Å². The van der Waals surface area contributed by atoms with E-state index < -0.39 is 0 Å². The van der Waals surface area contributed by atoms with Crippen molar-refractivity contribution in [1.29, 1.82) is 0 Å². The second kappa shape index (κ2) is 5.17. The zero-order valence-corrected chi connectivity index (χ0v) is 12.2. The molecule has 0 saturated carbocycles. The topological polar surface area (TPSA) is 47.8 Å². The van der Waals surface area contributed by atoms with Crippen LogP contribution in [0.2, 0.25) is 0 Å². The Morgan fingerprint density at radius 1 is 1.45 bits per heavy atom. The summed E-state index contributed by atoms with van der Waals surface area (Å²) in [6, 6.07) is 3.99. The number of hydrogen-bond acceptors (Lipinski definition) is 4. The van der Waals surface area contributed by atoms with Gasteiger partial charge < -0.3 is 0 Å². The molecule has 0 bridgehead atoms. The zero-order valence-electron chi connectivity index (χ0n) is 11.4. The van der Waals surface area contributed by atoms with E-state index in [1.807, 2.05) is 37.6 Å². The highest BCUT2D eigenvalue weighted by atomic mass is 32.1. The monoisotopic (exact) mass is 285 g/mol. The molecule has 3 rings (SSSR count). The molecule has 0 amide bonds. The van der Waals surface area contributed by atoms with Gasteiger partial charge in [-0.05, 0) is 42.8 Å². The number of rotatable bonds is 3. The SMILES string of the molecule is Cc1csc2ncn([C@@H](C)Cc3cccnc3)c(=O)c12. The van der Waals surface area contributed by atoms with Crippen LogP contribution in [-0.4, -0.2) is 14.5 Å². The highest BCUT2D eigenvalue weighted by molar-refractivity contribution is 7.16. The molecule has 4 nitrogen and oxygen atoms in total. The van der Waals surface area contributed by atoms with Crippen molar-refractivity contribution in [1.82, 2.24) is 14.5 Å². The van der Waals surface area contributed by atoms with Gasteiger partial charge in [0.15, 0.2) is 0 Å². The van der Waals surface area contributed by atoms with Gasteiger partial charge >= 0.3 is 0 Å². The first-order valence-electron chi connectivity index (χ1n) is 6.50. The summed E-state index contributed by atoms with van der Waals surface area (Å²) >= 11 is 1.52. The van der Waals surface area contributed by atoms with Crippen LogP contribution in [0.5, 0.6) is 0 Å². The van der Waals surface area contributed by atoms with E-state index in [2.05, 4.69) is 9.97 Å². The summed E-state index contributed by atoms with van der Waals surface area (Å²) in [7, 11) is 0. The number of hydrogen-bond donors (Lipinski definition) is 0. The molecule has 0 aliphatic heterocycles. The first-order chi connectivity index (χ1) is 9.66. The van der Waals surface area contributed by atoms with E-state index in [0.29, 0.717) is 0 Å². The molecule has 0 aliphatic carbocycles. The largest absolute Gasteiger partial charge is 0.295 e. The molecule has 3 aromatic heterocycles. The van der Waals surface area contributed by atoms with Gasteiger partial charge in [-0.15, -0.1) is 11.3 Å². The van der Waals surface area contributed by atoms with Crippen molar-refractivity contribution in [2.24, 2.45) is 0 Å². The third kappa shape index (κ3) is 2.25. The van der Waals surface area contributed by atoms with Crippen LogP contribution in [0.1, 0.15) is 24.1 Å². The summed E-state index contributed by atoms with van der Waals surface area (Å²) in [6.45, 7) is 3.99. The molecule has 0 spiro atoms. The summed E-state index contributed by atoms with van der Waals surface area (Å²) < 4.78 is 1.72. The van der Waals surface area contributed by atoms with Crippen LogP contribution in [0.3, 0.4) is 0 Å². The van der Waals surface area contributed by atoms with Crippen molar-refractivity contribution in [2.45, 2.75) is 26.3 Å². The Bertz CT molecular complexity index is 792. The maximum Gasteiger partial charge on any atom is 0.262 e. The number of aryl methyl sites for hydroxylation is 1. The Balaban J connectivity index is 1.99. The Hall–Kier alpha value is -2.01. The Morgan fingerprint density at radius 2 is 2.30 bits per heavy atom. The quantitative estimate of drug-likeness (QED) is 0.743. The fraction of sp³-hybridized carbons (Fsp3) is 0.267. The molecule has 1 atom stereocenters. The van der Waals surface area contributed by atoms with Crippen LogP contribution in [-0.2, 0) is 6.42 Å². The minimum atomic E-state index is 0.0464. The number of pyridine rings is 1. The van der Waals surface area contributed by atoms with Crippen molar-refractivity contribution in [2.75, 3.05) is 0 Å². The van der Waals surface area contributed by atoms with E-state index in [4.69, 9.17) is 0 Å². The lowest BCUT2D eigenvalue weighted by molar-refractivity contribution is 0.523. The van der Waals surface area contributed by atoms with Crippen LogP contribution in [0, 0.1) is 6.92 Å². The standard InChI is InChI=1S/C15H15N3OS/c1-10-8-20-14-13(10)15(19)18(9-17-14)11(2)6-12-4-3-5-16-7-12/h3-5,7-9,11H,6H2,1-2H3/t11-/m0/s1. The van der Waals surface area contributed by atoms with Crippen molar-refractivity contribution in [3.8, 4) is 0 Å². The molecule has 0 aliphatic rings. The molecule has 0 unspecified atom stereocenters. The van der Waals surface area contributed by atoms with Gasteiger partial charge in [0, 0.05) is 18.4 Å². The summed E-state index contributed by atoms with van der Waals surface area (Å²) in [6.07, 6.45) is 6.01. The van der Waals surface area contributed by atoms with Crippen LogP contribution in [0.15, 0.2) is 41.0 Å². The molecule has 0 fully saturated rings. The molecular weight excluding hydrogens is 270 g/mol. The second-order valence-electron chi connectivity index (χ2n) is 4.97. The average molecular weight is 285 g/mol. The fourth-order valence-corrected chi connectivity index (χ4v) is 3.23. The average Bonchev–Trinajstić information content (AvgIpc) is 2.82. The first kappa shape index (κ1) is 13.0. The number of nitrogens with zero attached hydrogens (tertiary/aromatic N) is 3. The van der Waals surface area contributed by atoms with E-state index in [1.54, 1.807) is 17.1 Å². The summed E-state index contributed by atoms with van der Waals surface area (Å²) in [5.74, 6) is 0. The van der Waals surface area contributed by atoms with Gasteiger partial charge in [0.25, 0.3) is 5.56 Å². The zero-order chi connectivity index (χ0) is 14.1. The Kier molecular flexibility index (Phi) is 3.36. The first-order valence-corrected chi connectivity index (χ1v) is 7.38. The minimum absolute atomic E-state index is 0.0464. The van der Waals surface area contributed by atoms with Gasteiger partial charge in [-0.25, -0.2) is 4.98 Å². The molecule has 0 saturated heterocycles. The van der Waals surface area contributed by atoms with Gasteiger partial charge in [0.1, 0.15) is 4.83 Å². The molecule has 0 aromatic carbocycles. The summed E-state index contributed by atoms with van der Waals surface area (Å²) in [5.41, 5.74) is 2.17. The lowest BCUT2D eigenvalue weighted by atomic mass is 10.1. The van der Waals surface area contributed by atoms with Gasteiger partial charge in [0.05, 0.1) is 11.7 Å². The van der Waals surface area contributed by atoms with Crippen molar-refractivity contribution in [3.63, 3.8) is 0 Å². The van der Waals surface area contributed by atoms with Gasteiger partial charge in [-0.3, -0.25) is 14.3 Å². The molecule has 102 valence electrons. The van der Waals surface area contributed by atoms with E-state index in [0.717, 1.165) is 27.8 Å². The lowest BCUT2D eigenvalue weighted by Gasteiger charge is -2.14. The molecule has 3 heterocycles. The maximum absolute atomic E-state index is 12.6. The summed E-state index contributed by atoms with van der Waals surface area (Å²) in [4.78, 5) is 21.9. The van der Waals surface area contributed by atoms with E-state index in [1.165, 1.54) is 11.3 Å². The molecule has 5 heteroatoms. The molecule has 3 aromatic rings. The molecule has 20 heavy (non-hydrogen) atoms. The predicted octanol–water partition coefficient (Wildman–Crippen LogP) is 2.97. The number of aromatic nitrogens is 3. The van der Waals surface area contributed by atoms with Crippen LogP contribution < -0.4 is 5.56 Å². The second-order valence-corrected chi connectivity index (χ2v) is 5.83. The van der Waals surface area contributed by atoms with Crippen LogP contribution in [0.4, 0.5) is 0 Å². The maximum atomic E-state index is 12.6. The Morgan fingerprint density at radius 3 is 3.05 bits per heavy atom. The van der Waals surface area contributed by atoms with Crippen molar-refractivity contribution in [3.05, 3.63) is 57.7 Å². The van der Waals surface area contributed by atoms with Gasteiger partial charge in [-0.1, -0.05) is 6.07 Å². The normalized spacial score (nSPS) is 12.7. The highest BCUT2D eigenvalue weighted by Gasteiger charge is 2.13. The van der Waals surface area contributed by atoms with Crippen LogP contribution >= 0.6 is 11.3 Å². The fourth-order valence-electron chi connectivity index (χ4n) is 2.35. The van der Waals surface area contributed by atoms with Crippen LogP contribution in [0.25, 0.3) is 10.2 Å². The highest BCUT2D eigenvalue weighted by Crippen LogP contribution is 2.20. The molecule has 0 radical (unpaired) electrons. The van der Waals surface area contributed by atoms with E-state index in [-0.39, 0.29) is 11.6 Å². The lowest BCUT2D eigenvalue weighted by Crippen LogP contribution is -2.24. The smallest absolute Gasteiger partial charge is 0.262 e. The third-order valence-electron chi connectivity index (χ3n) is 3.43.